The molecule has 0 atom stereocenters. The highest BCUT2D eigenvalue weighted by molar-refractivity contribution is 6.28. The minimum atomic E-state index is -3.26. The number of hydrogen-bond donors (Lipinski definition) is 1. The van der Waals surface area contributed by atoms with Crippen molar-refractivity contribution in [1.82, 2.24) is 0 Å². The molecule has 2 N–H and O–H groups in total. The first-order chi connectivity index (χ1) is 7.47. The molecule has 0 radical (unpaired) electrons. The highest BCUT2D eigenvalue weighted by Crippen LogP contribution is 2.30. The van der Waals surface area contributed by atoms with Crippen LogP contribution >= 0.6 is 11.6 Å². The third-order valence-electron chi connectivity index (χ3n) is 1.73. The first-order valence-electron chi connectivity index (χ1n) is 4.12. The van der Waals surface area contributed by atoms with Crippen LogP contribution in [0.25, 0.3) is 0 Å². The van der Waals surface area contributed by atoms with Crippen molar-refractivity contribution in [3.05, 3.63) is 29.3 Å². The Balaban J connectivity index is 3.29. The van der Waals surface area contributed by atoms with Gasteiger partial charge in [0.25, 0.3) is 6.43 Å². The van der Waals surface area contributed by atoms with Crippen molar-refractivity contribution in [3.8, 4) is 0 Å². The van der Waals surface area contributed by atoms with Gasteiger partial charge in [0.15, 0.2) is 5.82 Å². The lowest BCUT2D eigenvalue weighted by molar-refractivity contribution is 0.141. The summed E-state index contributed by atoms with van der Waals surface area (Å²) in [7, 11) is 0. The van der Waals surface area contributed by atoms with E-state index in [1.165, 1.54) is 0 Å². The summed E-state index contributed by atoms with van der Waals surface area (Å²) in [5.74, 6) is -3.08. The molecule has 0 fully saturated rings. The SMILES string of the molecule is NC(CCl)=Nc1ccc(F)c(C(F)F)c1F. The Bertz CT molecular complexity index is 420. The molecule has 0 aliphatic heterocycles. The van der Waals surface area contributed by atoms with E-state index in [9.17, 15) is 17.6 Å². The van der Waals surface area contributed by atoms with Crippen LogP contribution in [-0.2, 0) is 0 Å². The Kier molecular flexibility index (Phi) is 4.12. The zero-order chi connectivity index (χ0) is 12.3. The molecule has 1 aromatic rings. The zero-order valence-corrected chi connectivity index (χ0v) is 8.61. The van der Waals surface area contributed by atoms with Gasteiger partial charge in [-0.1, -0.05) is 0 Å². The van der Waals surface area contributed by atoms with E-state index in [4.69, 9.17) is 17.3 Å². The van der Waals surface area contributed by atoms with E-state index in [0.29, 0.717) is 6.07 Å². The van der Waals surface area contributed by atoms with Gasteiger partial charge in [0.05, 0.1) is 11.4 Å². The molecule has 88 valence electrons. The number of halogens is 5. The topological polar surface area (TPSA) is 38.4 Å². The lowest BCUT2D eigenvalue weighted by atomic mass is 10.2. The zero-order valence-electron chi connectivity index (χ0n) is 7.85. The van der Waals surface area contributed by atoms with Crippen LogP contribution in [0.5, 0.6) is 0 Å². The van der Waals surface area contributed by atoms with Crippen molar-refractivity contribution < 1.29 is 17.6 Å². The summed E-state index contributed by atoms with van der Waals surface area (Å²) < 4.78 is 50.8. The number of nitrogens with two attached hydrogens (primary N) is 1. The van der Waals surface area contributed by atoms with Gasteiger partial charge in [0, 0.05) is 0 Å². The molecule has 1 aromatic carbocycles. The lowest BCUT2D eigenvalue weighted by Gasteiger charge is -2.06. The number of amidine groups is 1. The lowest BCUT2D eigenvalue weighted by Crippen LogP contribution is -2.12. The monoisotopic (exact) mass is 254 g/mol. The van der Waals surface area contributed by atoms with Crippen molar-refractivity contribution in [1.29, 1.82) is 0 Å². The second kappa shape index (κ2) is 5.16. The predicted octanol–water partition coefficient (Wildman–Crippen LogP) is 3.13. The number of benzene rings is 1. The highest BCUT2D eigenvalue weighted by Gasteiger charge is 2.21. The number of alkyl halides is 3. The molecule has 0 heterocycles. The summed E-state index contributed by atoms with van der Waals surface area (Å²) in [6, 6.07) is 1.61. The molecule has 7 heteroatoms. The predicted molar refractivity (Wildman–Crippen MR) is 53.3 cm³/mol. The Morgan fingerprint density at radius 1 is 1.38 bits per heavy atom. The fourth-order valence-corrected chi connectivity index (χ4v) is 1.09. The van der Waals surface area contributed by atoms with Gasteiger partial charge in [0.2, 0.25) is 0 Å². The van der Waals surface area contributed by atoms with E-state index < -0.39 is 29.3 Å². The smallest absolute Gasteiger partial charge is 0.269 e. The molecule has 0 aliphatic rings. The highest BCUT2D eigenvalue weighted by atomic mass is 35.5. The van der Waals surface area contributed by atoms with Gasteiger partial charge in [-0.2, -0.15) is 0 Å². The normalized spacial score (nSPS) is 12.2. The van der Waals surface area contributed by atoms with E-state index in [-0.39, 0.29) is 11.7 Å². The molecule has 0 saturated heterocycles. The van der Waals surface area contributed by atoms with Gasteiger partial charge >= 0.3 is 0 Å². The third kappa shape index (κ3) is 2.63. The molecule has 0 unspecified atom stereocenters. The molecule has 0 aromatic heterocycles. The largest absolute Gasteiger partial charge is 0.386 e. The average molecular weight is 255 g/mol. The molecular weight excluding hydrogens is 248 g/mol. The Labute approximate surface area is 93.7 Å². The fourth-order valence-electron chi connectivity index (χ4n) is 1.03. The fraction of sp³-hybridized carbons (Fsp3) is 0.222. The molecule has 0 bridgehead atoms. The second-order valence-corrected chi connectivity index (χ2v) is 3.10. The van der Waals surface area contributed by atoms with E-state index >= 15 is 0 Å². The Morgan fingerprint density at radius 2 is 2.00 bits per heavy atom. The summed E-state index contributed by atoms with van der Waals surface area (Å²) in [6.45, 7) is 0. The van der Waals surface area contributed by atoms with Gasteiger partial charge in [-0.05, 0) is 12.1 Å². The molecule has 0 aliphatic carbocycles. The molecule has 0 amide bonds. The van der Waals surface area contributed by atoms with Crippen LogP contribution in [0.15, 0.2) is 17.1 Å². The first kappa shape index (κ1) is 12.8. The number of rotatable bonds is 3. The number of aliphatic imine (C=N–C) groups is 1. The van der Waals surface area contributed by atoms with E-state index in [1.54, 1.807) is 0 Å². The van der Waals surface area contributed by atoms with Crippen LogP contribution in [0.2, 0.25) is 0 Å². The van der Waals surface area contributed by atoms with Gasteiger partial charge in [0.1, 0.15) is 17.3 Å². The maximum Gasteiger partial charge on any atom is 0.269 e. The quantitative estimate of drug-likeness (QED) is 0.383. The van der Waals surface area contributed by atoms with Gasteiger partial charge in [-0.3, -0.25) is 0 Å². The van der Waals surface area contributed by atoms with Crippen LogP contribution in [0, 0.1) is 11.6 Å². The van der Waals surface area contributed by atoms with Gasteiger partial charge < -0.3 is 5.73 Å². The van der Waals surface area contributed by atoms with Crippen molar-refractivity contribution in [3.63, 3.8) is 0 Å². The standard InChI is InChI=1S/C9H7ClF4N2/c10-3-6(15)16-5-2-1-4(11)7(8(5)12)9(13)14/h1-2,9H,3H2,(H2,15,16). The van der Waals surface area contributed by atoms with Crippen molar-refractivity contribution >= 4 is 23.1 Å². The summed E-state index contributed by atoms with van der Waals surface area (Å²) in [4.78, 5) is 3.45. The first-order valence-corrected chi connectivity index (χ1v) is 4.65. The number of nitrogens with zero attached hydrogens (tertiary/aromatic N) is 1. The molecule has 0 spiro atoms. The third-order valence-corrected chi connectivity index (χ3v) is 2.00. The minimum absolute atomic E-state index is 0.146. The van der Waals surface area contributed by atoms with Crippen LogP contribution in [0.3, 0.4) is 0 Å². The minimum Gasteiger partial charge on any atom is -0.386 e. The second-order valence-electron chi connectivity index (χ2n) is 2.83. The molecule has 16 heavy (non-hydrogen) atoms. The molecule has 1 rings (SSSR count). The molecular formula is C9H7ClF4N2. The maximum atomic E-state index is 13.4. The summed E-state index contributed by atoms with van der Waals surface area (Å²) in [5, 5.41) is 0. The average Bonchev–Trinajstić information content (AvgIpc) is 2.21. The summed E-state index contributed by atoms with van der Waals surface area (Å²) >= 11 is 5.29. The van der Waals surface area contributed by atoms with Crippen molar-refractivity contribution in [2.75, 3.05) is 5.88 Å². The van der Waals surface area contributed by atoms with E-state index in [0.717, 1.165) is 6.07 Å². The van der Waals surface area contributed by atoms with Gasteiger partial charge in [-0.15, -0.1) is 11.6 Å². The Hall–Kier alpha value is -1.30. The van der Waals surface area contributed by atoms with E-state index in [1.807, 2.05) is 0 Å². The summed E-state index contributed by atoms with van der Waals surface area (Å²) in [6.07, 6.45) is -3.26. The van der Waals surface area contributed by atoms with Crippen LogP contribution in [0.1, 0.15) is 12.0 Å². The van der Waals surface area contributed by atoms with Crippen molar-refractivity contribution in [2.24, 2.45) is 10.7 Å². The van der Waals surface area contributed by atoms with E-state index in [2.05, 4.69) is 4.99 Å². The van der Waals surface area contributed by atoms with Crippen LogP contribution in [0.4, 0.5) is 23.2 Å². The van der Waals surface area contributed by atoms with Crippen LogP contribution < -0.4 is 5.73 Å². The van der Waals surface area contributed by atoms with Gasteiger partial charge in [-0.25, -0.2) is 22.6 Å². The molecule has 2 nitrogen and oxygen atoms in total. The Morgan fingerprint density at radius 3 is 2.50 bits per heavy atom. The van der Waals surface area contributed by atoms with Crippen molar-refractivity contribution in [2.45, 2.75) is 6.43 Å². The number of hydrogen-bond acceptors (Lipinski definition) is 1. The molecule has 0 saturated carbocycles. The maximum absolute atomic E-state index is 13.4. The summed E-state index contributed by atoms with van der Waals surface area (Å²) in [5.41, 5.74) is 3.43. The van der Waals surface area contributed by atoms with Crippen LogP contribution in [-0.4, -0.2) is 11.7 Å².